The Morgan fingerprint density at radius 2 is 1.85 bits per heavy atom. The van der Waals surface area contributed by atoms with Gasteiger partial charge in [0.1, 0.15) is 5.75 Å². The topological polar surface area (TPSA) is 70.8 Å². The summed E-state index contributed by atoms with van der Waals surface area (Å²) in [6.07, 6.45) is 3.20. The van der Waals surface area contributed by atoms with E-state index in [-0.39, 0.29) is 0 Å². The molecule has 0 radical (unpaired) electrons. The first kappa shape index (κ1) is 21.0. The molecule has 0 aromatic heterocycles. The summed E-state index contributed by atoms with van der Waals surface area (Å²) in [4.78, 5) is 13.4. The van der Waals surface area contributed by atoms with Crippen molar-refractivity contribution < 1.29 is 19.0 Å². The van der Waals surface area contributed by atoms with Gasteiger partial charge in [-0.05, 0) is 49.2 Å². The first-order valence-electron chi connectivity index (χ1n) is 8.97. The molecule has 0 unspecified atom stereocenters. The minimum absolute atomic E-state index is 0.438. The summed E-state index contributed by atoms with van der Waals surface area (Å²) in [6, 6.07) is 9.27. The van der Waals surface area contributed by atoms with Crippen LogP contribution in [0, 0.1) is 6.92 Å². The van der Waals surface area contributed by atoms with E-state index in [9.17, 15) is 4.79 Å². The second-order valence-corrected chi connectivity index (χ2v) is 7.27. The van der Waals surface area contributed by atoms with Gasteiger partial charge in [0.25, 0.3) is 0 Å². The SMILES string of the molecule is CCCCCOc1cc(C(N)=O)ccc1Sc1cc(C)c(OC)c(OC)c1. The Bertz CT molecular complexity index is 792. The molecule has 0 atom stereocenters. The molecule has 0 bridgehead atoms. The van der Waals surface area contributed by atoms with Crippen LogP contribution in [0.5, 0.6) is 17.2 Å². The summed E-state index contributed by atoms with van der Waals surface area (Å²) in [5, 5.41) is 0. The first-order chi connectivity index (χ1) is 13.0. The number of rotatable bonds is 10. The van der Waals surface area contributed by atoms with Gasteiger partial charge in [-0.15, -0.1) is 0 Å². The normalized spacial score (nSPS) is 10.5. The van der Waals surface area contributed by atoms with Crippen molar-refractivity contribution in [2.24, 2.45) is 5.73 Å². The number of amides is 1. The van der Waals surface area contributed by atoms with Crippen molar-refractivity contribution in [1.82, 2.24) is 0 Å². The number of carbonyl (C=O) groups excluding carboxylic acids is 1. The molecule has 0 saturated heterocycles. The third-order valence-electron chi connectivity index (χ3n) is 4.10. The Labute approximate surface area is 165 Å². The second kappa shape index (κ2) is 10.1. The lowest BCUT2D eigenvalue weighted by molar-refractivity contribution is 0.0999. The highest BCUT2D eigenvalue weighted by Gasteiger charge is 2.14. The summed E-state index contributed by atoms with van der Waals surface area (Å²) in [7, 11) is 3.25. The molecule has 0 heterocycles. The fourth-order valence-electron chi connectivity index (χ4n) is 2.70. The average molecular weight is 390 g/mol. The predicted molar refractivity (Wildman–Crippen MR) is 108 cm³/mol. The van der Waals surface area contributed by atoms with Crippen LogP contribution in [0.2, 0.25) is 0 Å². The molecule has 0 aliphatic rings. The second-order valence-electron chi connectivity index (χ2n) is 6.16. The standard InChI is InChI=1S/C21H27NO4S/c1-5-6-7-10-26-17-12-15(21(22)23)8-9-19(17)27-16-11-14(2)20(25-4)18(13-16)24-3/h8-9,11-13H,5-7,10H2,1-4H3,(H2,22,23). The molecule has 5 nitrogen and oxygen atoms in total. The van der Waals surface area contributed by atoms with Gasteiger partial charge in [-0.3, -0.25) is 4.79 Å². The van der Waals surface area contributed by atoms with E-state index >= 15 is 0 Å². The molecule has 0 aliphatic heterocycles. The molecule has 2 rings (SSSR count). The minimum atomic E-state index is -0.466. The highest BCUT2D eigenvalue weighted by molar-refractivity contribution is 7.99. The lowest BCUT2D eigenvalue weighted by atomic mass is 10.2. The predicted octanol–water partition coefficient (Wildman–Crippen LogP) is 4.83. The number of benzene rings is 2. The zero-order valence-electron chi connectivity index (χ0n) is 16.3. The molecule has 0 aliphatic carbocycles. The summed E-state index contributed by atoms with van der Waals surface area (Å²) >= 11 is 1.55. The van der Waals surface area contributed by atoms with E-state index in [1.165, 1.54) is 0 Å². The third-order valence-corrected chi connectivity index (χ3v) is 5.13. The van der Waals surface area contributed by atoms with Crippen LogP contribution in [0.4, 0.5) is 0 Å². The van der Waals surface area contributed by atoms with Crippen LogP contribution in [0.25, 0.3) is 0 Å². The summed E-state index contributed by atoms with van der Waals surface area (Å²) in [5.41, 5.74) is 6.84. The smallest absolute Gasteiger partial charge is 0.248 e. The fourth-order valence-corrected chi connectivity index (χ4v) is 3.71. The number of hydrogen-bond acceptors (Lipinski definition) is 5. The van der Waals surface area contributed by atoms with E-state index in [0.29, 0.717) is 23.7 Å². The maximum Gasteiger partial charge on any atom is 0.248 e. The molecular formula is C21H27NO4S. The van der Waals surface area contributed by atoms with Crippen LogP contribution in [-0.2, 0) is 0 Å². The van der Waals surface area contributed by atoms with Gasteiger partial charge in [0.15, 0.2) is 11.5 Å². The Balaban J connectivity index is 2.31. The molecule has 0 fully saturated rings. The zero-order chi connectivity index (χ0) is 19.8. The van der Waals surface area contributed by atoms with Gasteiger partial charge in [-0.1, -0.05) is 31.5 Å². The first-order valence-corrected chi connectivity index (χ1v) is 9.78. The van der Waals surface area contributed by atoms with Gasteiger partial charge in [0, 0.05) is 10.5 Å². The largest absolute Gasteiger partial charge is 0.493 e. The Hall–Kier alpha value is -2.34. The quantitative estimate of drug-likeness (QED) is 0.589. The molecule has 6 heteroatoms. The lowest BCUT2D eigenvalue weighted by Crippen LogP contribution is -2.11. The fraction of sp³-hybridized carbons (Fsp3) is 0.381. The highest BCUT2D eigenvalue weighted by atomic mass is 32.2. The molecule has 2 N–H and O–H groups in total. The van der Waals surface area contributed by atoms with Crippen LogP contribution in [0.3, 0.4) is 0 Å². The Kier molecular flexibility index (Phi) is 7.85. The van der Waals surface area contributed by atoms with Gasteiger partial charge >= 0.3 is 0 Å². The van der Waals surface area contributed by atoms with Crippen molar-refractivity contribution in [3.63, 3.8) is 0 Å². The monoisotopic (exact) mass is 389 g/mol. The van der Waals surface area contributed by atoms with Crippen LogP contribution in [-0.4, -0.2) is 26.7 Å². The summed E-state index contributed by atoms with van der Waals surface area (Å²) in [5.74, 6) is 1.60. The maximum absolute atomic E-state index is 11.5. The van der Waals surface area contributed by atoms with E-state index < -0.39 is 5.91 Å². The van der Waals surface area contributed by atoms with Crippen LogP contribution in [0.1, 0.15) is 42.1 Å². The zero-order valence-corrected chi connectivity index (χ0v) is 17.2. The molecule has 0 spiro atoms. The number of unbranched alkanes of at least 4 members (excludes halogenated alkanes) is 2. The van der Waals surface area contributed by atoms with Crippen LogP contribution in [0.15, 0.2) is 40.1 Å². The maximum atomic E-state index is 11.5. The number of aryl methyl sites for hydroxylation is 1. The van der Waals surface area contributed by atoms with Crippen molar-refractivity contribution in [3.05, 3.63) is 41.5 Å². The minimum Gasteiger partial charge on any atom is -0.493 e. The van der Waals surface area contributed by atoms with Crippen molar-refractivity contribution in [1.29, 1.82) is 0 Å². The molecule has 2 aromatic rings. The molecule has 1 amide bonds. The number of carbonyl (C=O) groups is 1. The van der Waals surface area contributed by atoms with Crippen molar-refractivity contribution >= 4 is 17.7 Å². The summed E-state index contributed by atoms with van der Waals surface area (Å²) in [6.45, 7) is 4.73. The van der Waals surface area contributed by atoms with Gasteiger partial charge < -0.3 is 19.9 Å². The van der Waals surface area contributed by atoms with E-state index in [0.717, 1.165) is 40.4 Å². The van der Waals surface area contributed by atoms with Crippen LogP contribution < -0.4 is 19.9 Å². The van der Waals surface area contributed by atoms with Gasteiger partial charge in [-0.25, -0.2) is 0 Å². The number of nitrogens with two attached hydrogens (primary N) is 1. The van der Waals surface area contributed by atoms with E-state index in [1.807, 2.05) is 25.1 Å². The van der Waals surface area contributed by atoms with Gasteiger partial charge in [-0.2, -0.15) is 0 Å². The van der Waals surface area contributed by atoms with E-state index in [4.69, 9.17) is 19.9 Å². The lowest BCUT2D eigenvalue weighted by Gasteiger charge is -2.15. The molecular weight excluding hydrogens is 362 g/mol. The van der Waals surface area contributed by atoms with Gasteiger partial charge in [0.2, 0.25) is 5.91 Å². The number of hydrogen-bond donors (Lipinski definition) is 1. The Morgan fingerprint density at radius 3 is 2.48 bits per heavy atom. The van der Waals surface area contributed by atoms with E-state index in [1.54, 1.807) is 38.1 Å². The number of primary amides is 1. The molecule has 0 saturated carbocycles. The Morgan fingerprint density at radius 1 is 1.07 bits per heavy atom. The highest BCUT2D eigenvalue weighted by Crippen LogP contribution is 2.41. The molecule has 146 valence electrons. The molecule has 2 aromatic carbocycles. The van der Waals surface area contributed by atoms with Crippen molar-refractivity contribution in [2.75, 3.05) is 20.8 Å². The third kappa shape index (κ3) is 5.57. The van der Waals surface area contributed by atoms with Crippen molar-refractivity contribution in [2.45, 2.75) is 42.9 Å². The van der Waals surface area contributed by atoms with Crippen molar-refractivity contribution in [3.8, 4) is 17.2 Å². The molecule has 27 heavy (non-hydrogen) atoms. The van der Waals surface area contributed by atoms with Crippen LogP contribution >= 0.6 is 11.8 Å². The number of methoxy groups -OCH3 is 2. The average Bonchev–Trinajstić information content (AvgIpc) is 2.65. The summed E-state index contributed by atoms with van der Waals surface area (Å²) < 4.78 is 16.8. The van der Waals surface area contributed by atoms with E-state index in [2.05, 4.69) is 6.92 Å². The number of ether oxygens (including phenoxy) is 3. The van der Waals surface area contributed by atoms with Gasteiger partial charge in [0.05, 0.1) is 25.7 Å².